The van der Waals surface area contributed by atoms with E-state index in [0.29, 0.717) is 5.92 Å². The van der Waals surface area contributed by atoms with Crippen molar-refractivity contribution in [3.8, 4) is 0 Å². The molecule has 1 saturated carbocycles. The molecular weight excluding hydrogens is 268 g/mol. The van der Waals surface area contributed by atoms with Crippen molar-refractivity contribution in [1.29, 1.82) is 0 Å². The predicted molar refractivity (Wildman–Crippen MR) is 80.1 cm³/mol. The van der Waals surface area contributed by atoms with Crippen LogP contribution >= 0.6 is 0 Å². The zero-order valence-corrected chi connectivity index (χ0v) is 12.0. The first-order valence-electron chi connectivity index (χ1n) is 7.43. The molecule has 1 aromatic carbocycles. The van der Waals surface area contributed by atoms with Gasteiger partial charge in [-0.1, -0.05) is 30.3 Å². The van der Waals surface area contributed by atoms with Crippen LogP contribution in [0.15, 0.2) is 30.3 Å². The van der Waals surface area contributed by atoms with Gasteiger partial charge in [-0.05, 0) is 37.2 Å². The molecule has 0 heterocycles. The molecule has 3 N–H and O–H groups in total. The number of hydrogen-bond acceptors (Lipinski definition) is 2. The van der Waals surface area contributed by atoms with Crippen molar-refractivity contribution in [3.05, 3.63) is 35.9 Å². The lowest BCUT2D eigenvalue weighted by Gasteiger charge is -2.14. The SMILES string of the molecule is O=C(O)CCNC(=O)NC1CCC(Cc2ccccc2)C1. The molecule has 0 bridgehead atoms. The van der Waals surface area contributed by atoms with Gasteiger partial charge in [0, 0.05) is 12.6 Å². The zero-order chi connectivity index (χ0) is 15.1. The number of aliphatic carboxylic acids is 1. The summed E-state index contributed by atoms with van der Waals surface area (Å²) in [6, 6.07) is 10.3. The van der Waals surface area contributed by atoms with E-state index in [1.807, 2.05) is 6.07 Å². The molecule has 5 heteroatoms. The first kappa shape index (κ1) is 15.4. The molecule has 1 aromatic rings. The van der Waals surface area contributed by atoms with E-state index in [1.54, 1.807) is 0 Å². The lowest BCUT2D eigenvalue weighted by atomic mass is 9.98. The molecule has 114 valence electrons. The summed E-state index contributed by atoms with van der Waals surface area (Å²) in [7, 11) is 0. The van der Waals surface area contributed by atoms with E-state index < -0.39 is 5.97 Å². The molecule has 2 unspecified atom stereocenters. The fourth-order valence-electron chi connectivity index (χ4n) is 2.86. The van der Waals surface area contributed by atoms with E-state index in [2.05, 4.69) is 34.9 Å². The molecule has 2 rings (SSSR count). The van der Waals surface area contributed by atoms with Crippen LogP contribution in [0.2, 0.25) is 0 Å². The summed E-state index contributed by atoms with van der Waals surface area (Å²) in [5.74, 6) is -0.296. The van der Waals surface area contributed by atoms with Crippen molar-refractivity contribution in [2.75, 3.05) is 6.54 Å². The molecule has 0 radical (unpaired) electrons. The topological polar surface area (TPSA) is 78.4 Å². The smallest absolute Gasteiger partial charge is 0.315 e. The van der Waals surface area contributed by atoms with Gasteiger partial charge in [0.1, 0.15) is 0 Å². The molecule has 0 spiro atoms. The molecular formula is C16H22N2O3. The van der Waals surface area contributed by atoms with E-state index in [9.17, 15) is 9.59 Å². The van der Waals surface area contributed by atoms with E-state index in [4.69, 9.17) is 5.11 Å². The van der Waals surface area contributed by atoms with Gasteiger partial charge in [-0.15, -0.1) is 0 Å². The Morgan fingerprint density at radius 2 is 1.95 bits per heavy atom. The number of carbonyl (C=O) groups is 2. The Labute approximate surface area is 124 Å². The first-order chi connectivity index (χ1) is 10.1. The second kappa shape index (κ2) is 7.67. The van der Waals surface area contributed by atoms with Gasteiger partial charge in [0.25, 0.3) is 0 Å². The summed E-state index contributed by atoms with van der Waals surface area (Å²) in [4.78, 5) is 22.0. The number of hydrogen-bond donors (Lipinski definition) is 3. The molecule has 0 saturated heterocycles. The third-order valence-corrected chi connectivity index (χ3v) is 3.87. The van der Waals surface area contributed by atoms with E-state index in [0.717, 1.165) is 25.7 Å². The highest BCUT2D eigenvalue weighted by Crippen LogP contribution is 2.28. The maximum atomic E-state index is 11.6. The largest absolute Gasteiger partial charge is 0.481 e. The van der Waals surface area contributed by atoms with Crippen molar-refractivity contribution in [2.24, 2.45) is 5.92 Å². The zero-order valence-electron chi connectivity index (χ0n) is 12.0. The van der Waals surface area contributed by atoms with Crippen LogP contribution in [0.4, 0.5) is 4.79 Å². The molecule has 1 fully saturated rings. The van der Waals surface area contributed by atoms with Crippen LogP contribution in [0.25, 0.3) is 0 Å². The summed E-state index contributed by atoms with van der Waals surface area (Å²) >= 11 is 0. The number of urea groups is 1. The van der Waals surface area contributed by atoms with Crippen LogP contribution in [0.3, 0.4) is 0 Å². The second-order valence-corrected chi connectivity index (χ2v) is 5.61. The number of carboxylic acid groups (broad SMARTS) is 1. The van der Waals surface area contributed by atoms with Gasteiger partial charge in [-0.25, -0.2) is 4.79 Å². The molecule has 0 aromatic heterocycles. The van der Waals surface area contributed by atoms with Crippen LogP contribution in [-0.2, 0) is 11.2 Å². The first-order valence-corrected chi connectivity index (χ1v) is 7.43. The van der Waals surface area contributed by atoms with E-state index in [1.165, 1.54) is 5.56 Å². The van der Waals surface area contributed by atoms with Gasteiger partial charge in [0.05, 0.1) is 6.42 Å². The van der Waals surface area contributed by atoms with Gasteiger partial charge in [-0.3, -0.25) is 4.79 Å². The van der Waals surface area contributed by atoms with Crippen LogP contribution < -0.4 is 10.6 Å². The van der Waals surface area contributed by atoms with Crippen LogP contribution in [0.5, 0.6) is 0 Å². The predicted octanol–water partition coefficient (Wildman–Crippen LogP) is 2.17. The van der Waals surface area contributed by atoms with Crippen molar-refractivity contribution in [2.45, 2.75) is 38.1 Å². The lowest BCUT2D eigenvalue weighted by Crippen LogP contribution is -2.41. The van der Waals surface area contributed by atoms with Crippen molar-refractivity contribution < 1.29 is 14.7 Å². The number of carbonyl (C=O) groups excluding carboxylic acids is 1. The highest BCUT2D eigenvalue weighted by molar-refractivity contribution is 5.75. The summed E-state index contributed by atoms with van der Waals surface area (Å²) in [5, 5.41) is 14.0. The number of carboxylic acids is 1. The van der Waals surface area contributed by atoms with Crippen molar-refractivity contribution in [1.82, 2.24) is 10.6 Å². The number of benzene rings is 1. The maximum Gasteiger partial charge on any atom is 0.315 e. The molecule has 5 nitrogen and oxygen atoms in total. The van der Waals surface area contributed by atoms with Gasteiger partial charge >= 0.3 is 12.0 Å². The summed E-state index contributed by atoms with van der Waals surface area (Å²) in [6.07, 6.45) is 4.11. The molecule has 21 heavy (non-hydrogen) atoms. The molecule has 1 aliphatic carbocycles. The highest BCUT2D eigenvalue weighted by Gasteiger charge is 2.25. The van der Waals surface area contributed by atoms with Crippen LogP contribution in [-0.4, -0.2) is 29.7 Å². The maximum absolute atomic E-state index is 11.6. The fourth-order valence-corrected chi connectivity index (χ4v) is 2.86. The minimum Gasteiger partial charge on any atom is -0.481 e. The van der Waals surface area contributed by atoms with E-state index >= 15 is 0 Å². The van der Waals surface area contributed by atoms with Crippen molar-refractivity contribution in [3.63, 3.8) is 0 Å². The average Bonchev–Trinajstić information content (AvgIpc) is 2.86. The summed E-state index contributed by atoms with van der Waals surface area (Å²) in [6.45, 7) is 0.168. The van der Waals surface area contributed by atoms with Crippen molar-refractivity contribution >= 4 is 12.0 Å². The summed E-state index contributed by atoms with van der Waals surface area (Å²) in [5.41, 5.74) is 1.34. The Balaban J connectivity index is 1.68. The van der Waals surface area contributed by atoms with Gasteiger partial charge < -0.3 is 15.7 Å². The third kappa shape index (κ3) is 5.45. The number of nitrogens with one attached hydrogen (secondary N) is 2. The number of rotatable bonds is 6. The quantitative estimate of drug-likeness (QED) is 0.751. The summed E-state index contributed by atoms with van der Waals surface area (Å²) < 4.78 is 0. The fraction of sp³-hybridized carbons (Fsp3) is 0.500. The minimum absolute atomic E-state index is 0.0469. The molecule has 1 aliphatic rings. The van der Waals surface area contributed by atoms with Crippen LogP contribution in [0, 0.1) is 5.92 Å². The lowest BCUT2D eigenvalue weighted by molar-refractivity contribution is -0.136. The second-order valence-electron chi connectivity index (χ2n) is 5.61. The van der Waals surface area contributed by atoms with Gasteiger partial charge in [0.15, 0.2) is 0 Å². The normalized spacial score (nSPS) is 21.0. The highest BCUT2D eigenvalue weighted by atomic mass is 16.4. The number of amides is 2. The third-order valence-electron chi connectivity index (χ3n) is 3.87. The Bertz CT molecular complexity index is 476. The molecule has 2 amide bonds. The standard InChI is InChI=1S/C16H22N2O3/c19-15(20)8-9-17-16(21)18-14-7-6-13(11-14)10-12-4-2-1-3-5-12/h1-5,13-14H,6-11H2,(H,19,20)(H2,17,18,21). The molecule has 2 atom stereocenters. The average molecular weight is 290 g/mol. The van der Waals surface area contributed by atoms with E-state index in [-0.39, 0.29) is 25.0 Å². The Kier molecular flexibility index (Phi) is 5.60. The molecule has 0 aliphatic heterocycles. The Morgan fingerprint density at radius 1 is 1.19 bits per heavy atom. The Morgan fingerprint density at radius 3 is 2.67 bits per heavy atom. The Hall–Kier alpha value is -2.04. The monoisotopic (exact) mass is 290 g/mol. The minimum atomic E-state index is -0.904. The van der Waals surface area contributed by atoms with Gasteiger partial charge in [0.2, 0.25) is 0 Å². The van der Waals surface area contributed by atoms with Crippen LogP contribution in [0.1, 0.15) is 31.2 Å². The van der Waals surface area contributed by atoms with Gasteiger partial charge in [-0.2, -0.15) is 0 Å².